The molecule has 0 saturated carbocycles. The van der Waals surface area contributed by atoms with Crippen LogP contribution >= 0.6 is 0 Å². The molecule has 0 aliphatic heterocycles. The van der Waals surface area contributed by atoms with E-state index in [4.69, 9.17) is 9.15 Å². The second kappa shape index (κ2) is 9.72. The van der Waals surface area contributed by atoms with Crippen LogP contribution in [0.4, 0.5) is 13.2 Å². The van der Waals surface area contributed by atoms with E-state index in [9.17, 15) is 22.8 Å². The second-order valence-electron chi connectivity index (χ2n) is 8.05. The Balaban J connectivity index is 1.53. The molecule has 188 valence electrons. The van der Waals surface area contributed by atoms with Gasteiger partial charge in [-0.1, -0.05) is 12.1 Å². The van der Waals surface area contributed by atoms with Gasteiger partial charge < -0.3 is 9.15 Å². The van der Waals surface area contributed by atoms with Gasteiger partial charge >= 0.3 is 12.1 Å². The smallest absolute Gasteiger partial charge is 0.332 e. The third-order valence-corrected chi connectivity index (χ3v) is 5.71. The maximum Gasteiger partial charge on any atom is 0.332 e. The average Bonchev–Trinajstić information content (AvgIpc) is 3.41. The molecule has 0 amide bonds. The number of pyridine rings is 1. The van der Waals surface area contributed by atoms with E-state index in [0.717, 1.165) is 16.2 Å². The van der Waals surface area contributed by atoms with Gasteiger partial charge in [0.15, 0.2) is 0 Å². The fourth-order valence-electron chi connectivity index (χ4n) is 3.85. The van der Waals surface area contributed by atoms with Crippen molar-refractivity contribution in [2.45, 2.75) is 19.5 Å². The number of ether oxygens (including phenoxy) is 1. The minimum Gasteiger partial charge on any atom is -0.497 e. The van der Waals surface area contributed by atoms with Gasteiger partial charge in [-0.3, -0.25) is 18.9 Å². The number of methoxy groups -OCH3 is 1. The van der Waals surface area contributed by atoms with Crippen LogP contribution in [0.5, 0.6) is 5.75 Å². The number of benzene rings is 2. The summed E-state index contributed by atoms with van der Waals surface area (Å²) in [6.07, 6.45) is -1.60. The molecule has 0 unspecified atom stereocenters. The van der Waals surface area contributed by atoms with Crippen LogP contribution in [0.2, 0.25) is 0 Å². The van der Waals surface area contributed by atoms with Crippen molar-refractivity contribution in [2.75, 3.05) is 7.11 Å². The summed E-state index contributed by atoms with van der Waals surface area (Å²) in [4.78, 5) is 30.8. The summed E-state index contributed by atoms with van der Waals surface area (Å²) in [6, 6.07) is 13.7. The summed E-state index contributed by atoms with van der Waals surface area (Å²) in [7, 11) is 1.54. The summed E-state index contributed by atoms with van der Waals surface area (Å²) in [6.45, 7) is -0.0830. The van der Waals surface area contributed by atoms with E-state index in [0.29, 0.717) is 11.4 Å². The van der Waals surface area contributed by atoms with Gasteiger partial charge in [-0.25, -0.2) is 9.18 Å². The Hall–Kier alpha value is -4.74. The van der Waals surface area contributed by atoms with E-state index in [2.05, 4.69) is 15.2 Å². The first-order chi connectivity index (χ1) is 17.8. The lowest BCUT2D eigenvalue weighted by atomic mass is 10.2. The molecule has 0 fully saturated rings. The number of aromatic nitrogens is 5. The molecule has 0 aliphatic rings. The van der Waals surface area contributed by atoms with Gasteiger partial charge in [0, 0.05) is 6.20 Å². The molecule has 3 heterocycles. The summed E-state index contributed by atoms with van der Waals surface area (Å²) < 4.78 is 51.9. The van der Waals surface area contributed by atoms with E-state index in [-0.39, 0.29) is 35.4 Å². The standard InChI is InChI=1S/C25H18F3N5O4/c1-36-18-7-2-14(3-8-18)12-32-20-9-5-16(26)10-19(20)24(34)33(25(32)35)13-17-6-4-15(11-29-17)22-30-31-23(37-22)21(27)28/h2-11,21H,12-13H2,1H3. The number of alkyl halides is 2. The fourth-order valence-corrected chi connectivity index (χ4v) is 3.85. The van der Waals surface area contributed by atoms with Crippen molar-refractivity contribution in [3.8, 4) is 17.2 Å². The highest BCUT2D eigenvalue weighted by Crippen LogP contribution is 2.23. The molecule has 2 aromatic carbocycles. The van der Waals surface area contributed by atoms with Gasteiger partial charge in [0.1, 0.15) is 11.6 Å². The topological polar surface area (TPSA) is 105 Å². The molecule has 5 aromatic rings. The van der Waals surface area contributed by atoms with Crippen molar-refractivity contribution < 1.29 is 22.3 Å². The van der Waals surface area contributed by atoms with Gasteiger partial charge in [0.05, 0.1) is 42.4 Å². The lowest BCUT2D eigenvalue weighted by molar-refractivity contribution is 0.116. The summed E-state index contributed by atoms with van der Waals surface area (Å²) in [5, 5.41) is 6.88. The Morgan fingerprint density at radius 2 is 1.76 bits per heavy atom. The van der Waals surface area contributed by atoms with Gasteiger partial charge in [0.25, 0.3) is 11.4 Å². The molecular weight excluding hydrogens is 491 g/mol. The lowest BCUT2D eigenvalue weighted by Crippen LogP contribution is -2.40. The lowest BCUT2D eigenvalue weighted by Gasteiger charge is -2.14. The van der Waals surface area contributed by atoms with Crippen LogP contribution in [0.15, 0.2) is 74.8 Å². The number of fused-ring (bicyclic) bond motifs is 1. The Labute approximate surface area is 206 Å². The van der Waals surface area contributed by atoms with Crippen LogP contribution in [0.3, 0.4) is 0 Å². The molecule has 5 rings (SSSR count). The predicted octanol–water partition coefficient (Wildman–Crippen LogP) is 3.79. The first-order valence-electron chi connectivity index (χ1n) is 11.0. The van der Waals surface area contributed by atoms with E-state index < -0.39 is 29.4 Å². The molecule has 37 heavy (non-hydrogen) atoms. The second-order valence-corrected chi connectivity index (χ2v) is 8.05. The van der Waals surface area contributed by atoms with Crippen molar-refractivity contribution in [2.24, 2.45) is 0 Å². The zero-order valence-corrected chi connectivity index (χ0v) is 19.3. The Morgan fingerprint density at radius 3 is 2.41 bits per heavy atom. The average molecular weight is 509 g/mol. The number of rotatable bonds is 7. The maximum absolute atomic E-state index is 14.0. The quantitative estimate of drug-likeness (QED) is 0.329. The third kappa shape index (κ3) is 4.73. The van der Waals surface area contributed by atoms with Crippen molar-refractivity contribution in [1.29, 1.82) is 0 Å². The van der Waals surface area contributed by atoms with Gasteiger partial charge in [-0.15, -0.1) is 10.2 Å². The zero-order chi connectivity index (χ0) is 26.1. The molecule has 9 nitrogen and oxygen atoms in total. The van der Waals surface area contributed by atoms with E-state index in [1.807, 2.05) is 0 Å². The number of hydrogen-bond acceptors (Lipinski definition) is 7. The SMILES string of the molecule is COc1ccc(Cn2c(=O)n(Cc3ccc(-c4nnc(C(F)F)o4)cn3)c(=O)c3cc(F)ccc32)cc1. The maximum atomic E-state index is 14.0. The molecule has 0 spiro atoms. The molecule has 12 heteroatoms. The van der Waals surface area contributed by atoms with Gasteiger partial charge in [0.2, 0.25) is 5.89 Å². The Bertz CT molecular complexity index is 1690. The normalized spacial score (nSPS) is 11.4. The zero-order valence-electron chi connectivity index (χ0n) is 19.3. The highest BCUT2D eigenvalue weighted by molar-refractivity contribution is 5.78. The molecule has 0 atom stereocenters. The van der Waals surface area contributed by atoms with Crippen LogP contribution in [0.25, 0.3) is 22.4 Å². The minimum absolute atomic E-state index is 0.0371. The van der Waals surface area contributed by atoms with Gasteiger partial charge in [-0.05, 0) is 48.0 Å². The van der Waals surface area contributed by atoms with Crippen LogP contribution in [-0.4, -0.2) is 31.4 Å². The largest absolute Gasteiger partial charge is 0.497 e. The number of hydrogen-bond donors (Lipinski definition) is 0. The van der Waals surface area contributed by atoms with Crippen LogP contribution in [0.1, 0.15) is 23.6 Å². The Morgan fingerprint density at radius 1 is 0.973 bits per heavy atom. The van der Waals surface area contributed by atoms with Crippen LogP contribution < -0.4 is 16.0 Å². The molecule has 0 N–H and O–H groups in total. The van der Waals surface area contributed by atoms with Crippen molar-refractivity contribution in [3.63, 3.8) is 0 Å². The Kier molecular flexibility index (Phi) is 6.30. The highest BCUT2D eigenvalue weighted by Gasteiger charge is 2.18. The van der Waals surface area contributed by atoms with Crippen LogP contribution in [-0.2, 0) is 13.1 Å². The van der Waals surface area contributed by atoms with Crippen LogP contribution in [0, 0.1) is 5.82 Å². The molecule has 0 aliphatic carbocycles. The number of nitrogens with zero attached hydrogens (tertiary/aromatic N) is 5. The summed E-state index contributed by atoms with van der Waals surface area (Å²) >= 11 is 0. The minimum atomic E-state index is -2.90. The first kappa shape index (κ1) is 24.0. The summed E-state index contributed by atoms with van der Waals surface area (Å²) in [5.41, 5.74) is 0.386. The van der Waals surface area contributed by atoms with Crippen molar-refractivity contribution in [3.05, 3.63) is 105 Å². The van der Waals surface area contributed by atoms with Crippen molar-refractivity contribution >= 4 is 10.9 Å². The first-order valence-corrected chi connectivity index (χ1v) is 11.0. The highest BCUT2D eigenvalue weighted by atomic mass is 19.3. The third-order valence-electron chi connectivity index (χ3n) is 5.71. The number of halogens is 3. The molecule has 0 radical (unpaired) electrons. The predicted molar refractivity (Wildman–Crippen MR) is 126 cm³/mol. The van der Waals surface area contributed by atoms with Crippen molar-refractivity contribution in [1.82, 2.24) is 24.3 Å². The molecule has 0 bridgehead atoms. The molecular formula is C25H18F3N5O4. The monoisotopic (exact) mass is 509 g/mol. The molecule has 0 saturated heterocycles. The summed E-state index contributed by atoms with van der Waals surface area (Å²) in [5.74, 6) is -0.926. The van der Waals surface area contributed by atoms with E-state index in [1.165, 1.54) is 35.0 Å². The fraction of sp³-hybridized carbons (Fsp3) is 0.160. The van der Waals surface area contributed by atoms with E-state index >= 15 is 0 Å². The molecule has 3 aromatic heterocycles. The van der Waals surface area contributed by atoms with Gasteiger partial charge in [-0.2, -0.15) is 8.78 Å². The van der Waals surface area contributed by atoms with E-state index in [1.54, 1.807) is 31.4 Å².